The molecule has 1 amide bonds. The Balaban J connectivity index is 1.99. The molecule has 2 aromatic heterocycles. The summed E-state index contributed by atoms with van der Waals surface area (Å²) in [4.78, 5) is 45.2. The zero-order chi connectivity index (χ0) is 22.0. The Morgan fingerprint density at radius 2 is 1.87 bits per heavy atom. The SMILES string of the molecule is CCCCc1cnc2c(c1SCC(=O)N1C[C@@H](C)O[C@@H](C)C1)c(=O)n(C)c(=O)n2C. The first-order chi connectivity index (χ1) is 14.2. The molecule has 0 bridgehead atoms. The largest absolute Gasteiger partial charge is 0.372 e. The third-order valence-electron chi connectivity index (χ3n) is 5.41. The van der Waals surface area contributed by atoms with E-state index in [0.717, 1.165) is 34.3 Å². The van der Waals surface area contributed by atoms with Crippen LogP contribution in [0.2, 0.25) is 0 Å². The zero-order valence-corrected chi connectivity index (χ0v) is 19.1. The lowest BCUT2D eigenvalue weighted by Gasteiger charge is -2.35. The molecule has 2 aromatic rings. The van der Waals surface area contributed by atoms with E-state index >= 15 is 0 Å². The van der Waals surface area contributed by atoms with Gasteiger partial charge < -0.3 is 9.64 Å². The minimum absolute atomic E-state index is 0.00592. The minimum Gasteiger partial charge on any atom is -0.372 e. The van der Waals surface area contributed by atoms with Crippen LogP contribution in [-0.4, -0.2) is 56.0 Å². The van der Waals surface area contributed by atoms with Gasteiger partial charge in [-0.05, 0) is 32.3 Å². The van der Waals surface area contributed by atoms with Crippen molar-refractivity contribution in [2.24, 2.45) is 14.1 Å². The first-order valence-electron chi connectivity index (χ1n) is 10.4. The number of amides is 1. The van der Waals surface area contributed by atoms with Gasteiger partial charge in [-0.25, -0.2) is 9.78 Å². The molecule has 164 valence electrons. The maximum absolute atomic E-state index is 13.0. The van der Waals surface area contributed by atoms with Gasteiger partial charge in [0.25, 0.3) is 5.56 Å². The fraction of sp³-hybridized carbons (Fsp3) is 0.619. The van der Waals surface area contributed by atoms with Gasteiger partial charge in [-0.1, -0.05) is 13.3 Å². The normalized spacial score (nSPS) is 19.4. The molecular weight excluding hydrogens is 404 g/mol. The van der Waals surface area contributed by atoms with Crippen molar-refractivity contribution < 1.29 is 9.53 Å². The molecular formula is C21H30N4O4S. The number of nitrogens with zero attached hydrogens (tertiary/aromatic N) is 4. The van der Waals surface area contributed by atoms with Crippen molar-refractivity contribution in [2.45, 2.75) is 57.1 Å². The van der Waals surface area contributed by atoms with Crippen molar-refractivity contribution >= 4 is 28.7 Å². The van der Waals surface area contributed by atoms with Gasteiger partial charge in [0.05, 0.1) is 23.3 Å². The minimum atomic E-state index is -0.412. The molecule has 1 saturated heterocycles. The summed E-state index contributed by atoms with van der Waals surface area (Å²) >= 11 is 1.37. The second kappa shape index (κ2) is 9.34. The van der Waals surface area contributed by atoms with Gasteiger partial charge in [0.1, 0.15) is 5.65 Å². The number of rotatable bonds is 6. The van der Waals surface area contributed by atoms with E-state index in [-0.39, 0.29) is 29.4 Å². The molecule has 3 heterocycles. The fourth-order valence-electron chi connectivity index (χ4n) is 3.86. The second-order valence-electron chi connectivity index (χ2n) is 7.97. The highest BCUT2D eigenvalue weighted by atomic mass is 32.2. The van der Waals surface area contributed by atoms with Crippen LogP contribution in [0.15, 0.2) is 20.7 Å². The lowest BCUT2D eigenvalue weighted by Crippen LogP contribution is -2.48. The number of unbranched alkanes of at least 4 members (excludes halogenated alkanes) is 1. The van der Waals surface area contributed by atoms with E-state index in [4.69, 9.17) is 4.74 Å². The molecule has 0 aromatic carbocycles. The zero-order valence-electron chi connectivity index (χ0n) is 18.3. The molecule has 0 spiro atoms. The summed E-state index contributed by atoms with van der Waals surface area (Å²) in [5.41, 5.74) is 0.515. The number of carbonyl (C=O) groups is 1. The van der Waals surface area contributed by atoms with Crippen LogP contribution >= 0.6 is 11.8 Å². The fourth-order valence-corrected chi connectivity index (χ4v) is 4.97. The number of hydrogen-bond donors (Lipinski definition) is 0. The Hall–Kier alpha value is -2.13. The number of ether oxygens (including phenoxy) is 1. The highest BCUT2D eigenvalue weighted by Crippen LogP contribution is 2.29. The molecule has 0 saturated carbocycles. The highest BCUT2D eigenvalue weighted by molar-refractivity contribution is 8.00. The van der Waals surface area contributed by atoms with Gasteiger partial charge >= 0.3 is 5.69 Å². The van der Waals surface area contributed by atoms with Crippen LogP contribution in [-0.2, 0) is 30.0 Å². The molecule has 1 fully saturated rings. The molecule has 0 unspecified atom stereocenters. The van der Waals surface area contributed by atoms with Crippen molar-refractivity contribution in [2.75, 3.05) is 18.8 Å². The van der Waals surface area contributed by atoms with Crippen LogP contribution in [0, 0.1) is 0 Å². The monoisotopic (exact) mass is 434 g/mol. The van der Waals surface area contributed by atoms with E-state index in [1.54, 1.807) is 13.2 Å². The van der Waals surface area contributed by atoms with Gasteiger partial charge in [-0.2, -0.15) is 0 Å². The lowest BCUT2D eigenvalue weighted by molar-refractivity contribution is -0.140. The van der Waals surface area contributed by atoms with Gasteiger partial charge in [0.2, 0.25) is 5.91 Å². The highest BCUT2D eigenvalue weighted by Gasteiger charge is 2.26. The summed E-state index contributed by atoms with van der Waals surface area (Å²) in [6.45, 7) is 7.17. The van der Waals surface area contributed by atoms with E-state index in [1.165, 1.54) is 23.4 Å². The average molecular weight is 435 g/mol. The van der Waals surface area contributed by atoms with Crippen LogP contribution in [0.3, 0.4) is 0 Å². The molecule has 0 N–H and O–H groups in total. The number of aryl methyl sites for hydroxylation is 2. The molecule has 2 atom stereocenters. The van der Waals surface area contributed by atoms with Gasteiger partial charge in [0, 0.05) is 38.3 Å². The molecule has 1 aliphatic heterocycles. The summed E-state index contributed by atoms with van der Waals surface area (Å²) in [6, 6.07) is 0. The first kappa shape index (κ1) is 22.6. The Labute approximate surface area is 180 Å². The van der Waals surface area contributed by atoms with Crippen molar-refractivity contribution in [1.82, 2.24) is 19.0 Å². The predicted octanol–water partition coefficient (Wildman–Crippen LogP) is 1.70. The third kappa shape index (κ3) is 4.46. The van der Waals surface area contributed by atoms with Crippen LogP contribution < -0.4 is 11.2 Å². The first-order valence-corrected chi connectivity index (χ1v) is 11.4. The van der Waals surface area contributed by atoms with Crippen LogP contribution in [0.1, 0.15) is 39.2 Å². The third-order valence-corrected chi connectivity index (χ3v) is 6.55. The van der Waals surface area contributed by atoms with Gasteiger partial charge in [-0.15, -0.1) is 11.8 Å². The standard InChI is InChI=1S/C21H30N4O4S/c1-6-7-8-15-9-22-19-17(20(27)24(5)21(28)23(19)4)18(15)30-12-16(26)25-10-13(2)29-14(3)11-25/h9,13-14H,6-8,10-12H2,1-5H3/t13-,14+. The smallest absolute Gasteiger partial charge is 0.332 e. The van der Waals surface area contributed by atoms with Crippen LogP contribution in [0.5, 0.6) is 0 Å². The van der Waals surface area contributed by atoms with E-state index in [1.807, 2.05) is 18.7 Å². The Morgan fingerprint density at radius 1 is 1.20 bits per heavy atom. The number of pyridine rings is 1. The number of fused-ring (bicyclic) bond motifs is 1. The maximum atomic E-state index is 13.0. The summed E-state index contributed by atoms with van der Waals surface area (Å²) in [7, 11) is 3.08. The Kier molecular flexibility index (Phi) is 7.02. The second-order valence-corrected chi connectivity index (χ2v) is 8.95. The average Bonchev–Trinajstić information content (AvgIpc) is 2.72. The summed E-state index contributed by atoms with van der Waals surface area (Å²) < 4.78 is 8.21. The number of carbonyl (C=O) groups excluding carboxylic acids is 1. The molecule has 30 heavy (non-hydrogen) atoms. The van der Waals surface area contributed by atoms with E-state index < -0.39 is 5.69 Å². The topological polar surface area (TPSA) is 86.4 Å². The number of hydrogen-bond acceptors (Lipinski definition) is 6. The van der Waals surface area contributed by atoms with Crippen molar-refractivity contribution in [3.05, 3.63) is 32.6 Å². The van der Waals surface area contributed by atoms with Crippen LogP contribution in [0.4, 0.5) is 0 Å². The van der Waals surface area contributed by atoms with E-state index in [9.17, 15) is 14.4 Å². The molecule has 8 nitrogen and oxygen atoms in total. The summed E-state index contributed by atoms with van der Waals surface area (Å²) in [6.07, 6.45) is 4.49. The van der Waals surface area contributed by atoms with Crippen molar-refractivity contribution in [3.63, 3.8) is 0 Å². The number of aromatic nitrogens is 3. The number of morpholine rings is 1. The summed E-state index contributed by atoms with van der Waals surface area (Å²) in [5.74, 6) is 0.249. The Morgan fingerprint density at radius 3 is 2.50 bits per heavy atom. The maximum Gasteiger partial charge on any atom is 0.332 e. The molecule has 9 heteroatoms. The lowest BCUT2D eigenvalue weighted by atomic mass is 10.1. The summed E-state index contributed by atoms with van der Waals surface area (Å²) in [5, 5.41) is 0.412. The molecule has 0 radical (unpaired) electrons. The van der Waals surface area contributed by atoms with Crippen molar-refractivity contribution in [1.29, 1.82) is 0 Å². The molecule has 0 aliphatic carbocycles. The molecule has 1 aliphatic rings. The molecule has 3 rings (SSSR count). The Bertz CT molecular complexity index is 1050. The quantitative estimate of drug-likeness (QED) is 0.644. The van der Waals surface area contributed by atoms with Crippen LogP contribution in [0.25, 0.3) is 11.0 Å². The van der Waals surface area contributed by atoms with Crippen molar-refractivity contribution in [3.8, 4) is 0 Å². The number of thioether (sulfide) groups is 1. The van der Waals surface area contributed by atoms with E-state index in [0.29, 0.717) is 24.1 Å². The van der Waals surface area contributed by atoms with E-state index in [2.05, 4.69) is 11.9 Å². The van der Waals surface area contributed by atoms with Gasteiger partial charge in [-0.3, -0.25) is 18.7 Å². The predicted molar refractivity (Wildman–Crippen MR) is 118 cm³/mol. The van der Waals surface area contributed by atoms with Gasteiger partial charge in [0.15, 0.2) is 0 Å².